The Balaban J connectivity index is 3.04. The molecule has 1 aromatic rings. The van der Waals surface area contributed by atoms with Gasteiger partial charge in [-0.3, -0.25) is 5.21 Å². The molecule has 13 heavy (non-hydrogen) atoms. The number of hydrogen-bond acceptors (Lipinski definition) is 3. The van der Waals surface area contributed by atoms with E-state index < -0.39 is 10.0 Å². The molecular weight excluding hydrogens is 258 g/mol. The van der Waals surface area contributed by atoms with Crippen molar-refractivity contribution >= 4 is 31.6 Å². The van der Waals surface area contributed by atoms with E-state index in [0.717, 1.165) is 10.7 Å². The van der Waals surface area contributed by atoms with Crippen LogP contribution in [0, 0.1) is 0 Å². The molecule has 0 atom stereocenters. The quantitative estimate of drug-likeness (QED) is 0.827. The van der Waals surface area contributed by atoms with Gasteiger partial charge in [-0.15, -0.1) is 4.47 Å². The van der Waals surface area contributed by atoms with Crippen LogP contribution in [0.3, 0.4) is 0 Å². The normalized spacial score (nSPS) is 11.3. The van der Waals surface area contributed by atoms with Crippen LogP contribution in [0.4, 0.5) is 5.69 Å². The number of nitrogens with zero attached hydrogens (tertiary/aromatic N) is 1. The maximum absolute atomic E-state index is 10.9. The highest BCUT2D eigenvalue weighted by atomic mass is 79.9. The molecule has 1 N–H and O–H groups in total. The largest absolute Gasteiger partial charge is 0.274 e. The minimum atomic E-state index is -3.60. The third-order valence-corrected chi connectivity index (χ3v) is 2.73. The monoisotopic (exact) mass is 265 g/mol. The Morgan fingerprint density at radius 2 is 1.77 bits per heavy atom. The third-order valence-electron chi connectivity index (χ3n) is 1.36. The number of sulfonamides is 1. The number of halogens is 1. The summed E-state index contributed by atoms with van der Waals surface area (Å²) in [5.41, 5.74) is 0.214. The zero-order valence-electron chi connectivity index (χ0n) is 6.81. The van der Waals surface area contributed by atoms with Gasteiger partial charge < -0.3 is 0 Å². The van der Waals surface area contributed by atoms with Crippen molar-refractivity contribution in [1.82, 2.24) is 0 Å². The summed E-state index contributed by atoms with van der Waals surface area (Å²) in [5, 5.41) is 9.18. The van der Waals surface area contributed by atoms with Crippen molar-refractivity contribution in [3.8, 4) is 0 Å². The summed E-state index contributed by atoms with van der Waals surface area (Å²) in [4.78, 5) is 0. The molecule has 0 spiro atoms. The molecule has 0 saturated heterocycles. The first kappa shape index (κ1) is 10.5. The second-order valence-corrected chi connectivity index (χ2v) is 5.21. The topological polar surface area (TPSA) is 57.6 Å². The fourth-order valence-corrected chi connectivity index (χ4v) is 1.53. The highest BCUT2D eigenvalue weighted by molar-refractivity contribution is 9.10. The van der Waals surface area contributed by atoms with Crippen molar-refractivity contribution in [1.29, 1.82) is 0 Å². The van der Waals surface area contributed by atoms with Crippen LogP contribution in [0.15, 0.2) is 28.7 Å². The van der Waals surface area contributed by atoms with Crippen molar-refractivity contribution in [3.63, 3.8) is 0 Å². The first-order valence-electron chi connectivity index (χ1n) is 3.36. The molecule has 0 saturated carbocycles. The molecule has 1 aromatic carbocycles. The van der Waals surface area contributed by atoms with Crippen LogP contribution in [0.5, 0.6) is 0 Å². The zero-order chi connectivity index (χ0) is 10.1. The molecule has 6 heteroatoms. The fourth-order valence-electron chi connectivity index (χ4n) is 0.760. The van der Waals surface area contributed by atoms with Gasteiger partial charge in [-0.2, -0.15) is 0 Å². The summed E-state index contributed by atoms with van der Waals surface area (Å²) in [5.74, 6) is 0. The molecule has 0 radical (unpaired) electrons. The van der Waals surface area contributed by atoms with Gasteiger partial charge in [-0.05, 0) is 24.3 Å². The van der Waals surface area contributed by atoms with Gasteiger partial charge in [-0.25, -0.2) is 8.42 Å². The first-order valence-corrected chi connectivity index (χ1v) is 6.00. The molecule has 0 aliphatic rings. The lowest BCUT2D eigenvalue weighted by Crippen LogP contribution is -2.25. The lowest BCUT2D eigenvalue weighted by atomic mass is 10.3. The van der Waals surface area contributed by atoms with E-state index in [1.807, 2.05) is 0 Å². The summed E-state index contributed by atoms with van der Waals surface area (Å²) in [6.07, 6.45) is 0.926. The van der Waals surface area contributed by atoms with Crippen molar-refractivity contribution in [3.05, 3.63) is 28.7 Å². The van der Waals surface area contributed by atoms with E-state index in [4.69, 9.17) is 0 Å². The second kappa shape index (κ2) is 3.65. The van der Waals surface area contributed by atoms with Gasteiger partial charge in [0.05, 0.1) is 11.9 Å². The molecule has 0 fully saturated rings. The van der Waals surface area contributed by atoms with Crippen molar-refractivity contribution < 1.29 is 13.6 Å². The van der Waals surface area contributed by atoms with Gasteiger partial charge in [0.1, 0.15) is 0 Å². The van der Waals surface area contributed by atoms with Crippen molar-refractivity contribution in [2.75, 3.05) is 10.7 Å². The highest BCUT2D eigenvalue weighted by Gasteiger charge is 2.13. The van der Waals surface area contributed by atoms with Crippen LogP contribution in [-0.2, 0) is 10.0 Å². The van der Waals surface area contributed by atoms with Gasteiger partial charge in [0, 0.05) is 4.47 Å². The Labute approximate surface area is 84.9 Å². The predicted octanol–water partition coefficient (Wildman–Crippen LogP) is 1.60. The van der Waals surface area contributed by atoms with Crippen LogP contribution in [-0.4, -0.2) is 19.9 Å². The molecule has 1 rings (SSSR count). The van der Waals surface area contributed by atoms with Gasteiger partial charge in [0.2, 0.25) is 0 Å². The lowest BCUT2D eigenvalue weighted by Gasteiger charge is -2.13. The minimum absolute atomic E-state index is 0.214. The summed E-state index contributed by atoms with van der Waals surface area (Å²) < 4.78 is 22.8. The third kappa shape index (κ3) is 2.68. The highest BCUT2D eigenvalue weighted by Crippen LogP contribution is 2.18. The van der Waals surface area contributed by atoms with E-state index >= 15 is 0 Å². The van der Waals surface area contributed by atoms with Crippen LogP contribution in [0.25, 0.3) is 0 Å². The number of rotatable bonds is 2. The zero-order valence-corrected chi connectivity index (χ0v) is 9.21. The average Bonchev–Trinajstić information content (AvgIpc) is 2.03. The van der Waals surface area contributed by atoms with E-state index in [-0.39, 0.29) is 10.2 Å². The van der Waals surface area contributed by atoms with Crippen LogP contribution < -0.4 is 4.47 Å². The van der Waals surface area contributed by atoms with Crippen LogP contribution >= 0.6 is 15.9 Å². The molecule has 0 amide bonds. The van der Waals surface area contributed by atoms with Crippen LogP contribution in [0.1, 0.15) is 0 Å². The Bertz CT molecular complexity index is 387. The van der Waals surface area contributed by atoms with Crippen molar-refractivity contribution in [2.45, 2.75) is 0 Å². The second-order valence-electron chi connectivity index (χ2n) is 2.48. The predicted molar refractivity (Wildman–Crippen MR) is 53.3 cm³/mol. The van der Waals surface area contributed by atoms with Gasteiger partial charge in [-0.1, -0.05) is 15.9 Å². The summed E-state index contributed by atoms with van der Waals surface area (Å²) in [7, 11) is -3.60. The van der Waals surface area contributed by atoms with Gasteiger partial charge >= 0.3 is 0 Å². The molecular formula is C7H8BrNO3S. The Morgan fingerprint density at radius 3 is 2.15 bits per heavy atom. The first-order chi connectivity index (χ1) is 5.91. The Kier molecular flexibility index (Phi) is 2.94. The van der Waals surface area contributed by atoms with E-state index in [2.05, 4.69) is 15.9 Å². The summed E-state index contributed by atoms with van der Waals surface area (Å²) in [6, 6.07) is 6.27. The van der Waals surface area contributed by atoms with E-state index in [0.29, 0.717) is 0 Å². The maximum atomic E-state index is 10.9. The average molecular weight is 266 g/mol. The van der Waals surface area contributed by atoms with E-state index in [1.165, 1.54) is 12.1 Å². The minimum Gasteiger partial charge on any atom is -0.274 e. The van der Waals surface area contributed by atoms with Gasteiger partial charge in [0.15, 0.2) is 0 Å². The van der Waals surface area contributed by atoms with Crippen molar-refractivity contribution in [2.24, 2.45) is 0 Å². The van der Waals surface area contributed by atoms with E-state index in [1.54, 1.807) is 12.1 Å². The standard InChI is InChI=1S/C7H8BrNO3S/c1-13(11,12)9(10)7-4-2-6(8)3-5-7/h2-5,10H,1H3. The number of hydrogen-bond donors (Lipinski definition) is 1. The van der Waals surface area contributed by atoms with Gasteiger partial charge in [0.25, 0.3) is 10.0 Å². The number of benzene rings is 1. The summed E-state index contributed by atoms with van der Waals surface area (Å²) in [6.45, 7) is 0. The lowest BCUT2D eigenvalue weighted by molar-refractivity contribution is 0.317. The molecule has 0 aromatic heterocycles. The molecule has 0 bridgehead atoms. The number of anilines is 1. The molecule has 4 nitrogen and oxygen atoms in total. The molecule has 0 aliphatic carbocycles. The maximum Gasteiger partial charge on any atom is 0.254 e. The van der Waals surface area contributed by atoms with Crippen LogP contribution in [0.2, 0.25) is 0 Å². The Morgan fingerprint density at radius 1 is 1.31 bits per heavy atom. The molecule has 0 heterocycles. The molecule has 0 aliphatic heterocycles. The smallest absolute Gasteiger partial charge is 0.254 e. The molecule has 72 valence electrons. The van der Waals surface area contributed by atoms with E-state index in [9.17, 15) is 13.6 Å². The SMILES string of the molecule is CS(=O)(=O)N(O)c1ccc(Br)cc1. The molecule has 0 unspecified atom stereocenters. The summed E-state index contributed by atoms with van der Waals surface area (Å²) >= 11 is 3.20. The Hall–Kier alpha value is -0.590. The fraction of sp³-hybridized carbons (Fsp3) is 0.143.